The van der Waals surface area contributed by atoms with Crippen LogP contribution in [0, 0.1) is 5.92 Å². The maximum absolute atomic E-state index is 12.5. The van der Waals surface area contributed by atoms with Crippen LogP contribution in [0.1, 0.15) is 12.2 Å². The molecule has 8 heteroatoms. The first-order valence-electron chi connectivity index (χ1n) is 5.47. The second-order valence-electron chi connectivity index (χ2n) is 4.26. The van der Waals surface area contributed by atoms with Gasteiger partial charge in [-0.1, -0.05) is 0 Å². The molecule has 2 heterocycles. The van der Waals surface area contributed by atoms with Gasteiger partial charge in [0.05, 0.1) is 0 Å². The Morgan fingerprint density at radius 1 is 1.44 bits per heavy atom. The number of nitrogens with zero attached hydrogens (tertiary/aromatic N) is 3. The van der Waals surface area contributed by atoms with Gasteiger partial charge in [0.15, 0.2) is 0 Å². The summed E-state index contributed by atoms with van der Waals surface area (Å²) in [4.78, 5) is 8.34. The number of nitrogens with two attached hydrogens (primary N) is 1. The fraction of sp³-hybridized carbons (Fsp3) is 0.600. The zero-order chi connectivity index (χ0) is 13.3. The Morgan fingerprint density at radius 3 is 2.72 bits per heavy atom. The first-order chi connectivity index (χ1) is 8.40. The monoisotopic (exact) mass is 262 g/mol. The molecular weight excluding hydrogens is 249 g/mol. The third-order valence-corrected chi connectivity index (χ3v) is 2.85. The van der Waals surface area contributed by atoms with Crippen LogP contribution in [0.25, 0.3) is 0 Å². The van der Waals surface area contributed by atoms with Crippen LogP contribution in [-0.2, 0) is 6.18 Å². The summed E-state index contributed by atoms with van der Waals surface area (Å²) in [5.41, 5.74) is 5.36. The first-order valence-corrected chi connectivity index (χ1v) is 5.47. The van der Waals surface area contributed by atoms with Crippen molar-refractivity contribution in [1.82, 2.24) is 9.97 Å². The summed E-state index contributed by atoms with van der Waals surface area (Å²) in [5.74, 6) is -1.22. The third-order valence-electron chi connectivity index (χ3n) is 2.85. The first kappa shape index (κ1) is 12.9. The highest BCUT2D eigenvalue weighted by molar-refractivity contribution is 5.48. The van der Waals surface area contributed by atoms with Crippen molar-refractivity contribution in [3.63, 3.8) is 0 Å². The smallest absolute Gasteiger partial charge is 0.396 e. The average molecular weight is 262 g/mol. The van der Waals surface area contributed by atoms with Crippen LogP contribution in [0.3, 0.4) is 0 Å². The largest absolute Gasteiger partial charge is 0.451 e. The molecule has 2 rings (SSSR count). The van der Waals surface area contributed by atoms with Gasteiger partial charge >= 0.3 is 6.18 Å². The predicted octanol–water partition coefficient (Wildman–Crippen LogP) is 0.896. The summed E-state index contributed by atoms with van der Waals surface area (Å²) in [6.45, 7) is 1.05. The highest BCUT2D eigenvalue weighted by Crippen LogP contribution is 2.30. The molecular formula is C10H13F3N4O. The van der Waals surface area contributed by atoms with Gasteiger partial charge in [0, 0.05) is 31.7 Å². The lowest BCUT2D eigenvalue weighted by Gasteiger charge is -2.18. The van der Waals surface area contributed by atoms with Crippen LogP contribution in [0.15, 0.2) is 6.07 Å². The average Bonchev–Trinajstić information content (AvgIpc) is 2.75. The molecule has 1 fully saturated rings. The van der Waals surface area contributed by atoms with Crippen LogP contribution in [0.4, 0.5) is 24.8 Å². The molecule has 5 nitrogen and oxygen atoms in total. The SMILES string of the molecule is Nc1cc(N2CCC(CO)C2)nc(C(F)(F)F)n1. The van der Waals surface area contributed by atoms with E-state index in [0.717, 1.165) is 6.42 Å². The topological polar surface area (TPSA) is 75.3 Å². The van der Waals surface area contributed by atoms with Crippen LogP contribution in [0.2, 0.25) is 0 Å². The lowest BCUT2D eigenvalue weighted by Crippen LogP contribution is -2.24. The summed E-state index contributed by atoms with van der Waals surface area (Å²) in [5, 5.41) is 9.01. The molecule has 1 aliphatic heterocycles. The van der Waals surface area contributed by atoms with Crippen molar-refractivity contribution in [3.8, 4) is 0 Å². The second-order valence-corrected chi connectivity index (χ2v) is 4.26. The van der Waals surface area contributed by atoms with E-state index < -0.39 is 12.0 Å². The molecule has 0 aliphatic carbocycles. The normalized spacial score (nSPS) is 20.4. The van der Waals surface area contributed by atoms with Gasteiger partial charge in [-0.2, -0.15) is 13.2 Å². The Bertz CT molecular complexity index is 438. The number of anilines is 2. The fourth-order valence-corrected chi connectivity index (χ4v) is 1.93. The van der Waals surface area contributed by atoms with E-state index in [1.807, 2.05) is 0 Å². The summed E-state index contributed by atoms with van der Waals surface area (Å²) >= 11 is 0. The molecule has 100 valence electrons. The highest BCUT2D eigenvalue weighted by Gasteiger charge is 2.36. The minimum absolute atomic E-state index is 0.0171. The van der Waals surface area contributed by atoms with Gasteiger partial charge in [0.25, 0.3) is 0 Å². The van der Waals surface area contributed by atoms with Gasteiger partial charge in [-0.3, -0.25) is 0 Å². The van der Waals surface area contributed by atoms with E-state index in [1.165, 1.54) is 6.07 Å². The van der Waals surface area contributed by atoms with Gasteiger partial charge in [-0.05, 0) is 6.42 Å². The van der Waals surface area contributed by atoms with E-state index in [2.05, 4.69) is 9.97 Å². The zero-order valence-electron chi connectivity index (χ0n) is 9.48. The van der Waals surface area contributed by atoms with E-state index in [-0.39, 0.29) is 24.2 Å². The van der Waals surface area contributed by atoms with Crippen molar-refractivity contribution in [2.75, 3.05) is 30.3 Å². The van der Waals surface area contributed by atoms with Crippen LogP contribution in [-0.4, -0.2) is 34.8 Å². The number of aliphatic hydroxyl groups excluding tert-OH is 1. The summed E-state index contributed by atoms with van der Waals surface area (Å²) < 4.78 is 37.6. The Balaban J connectivity index is 2.26. The summed E-state index contributed by atoms with van der Waals surface area (Å²) in [6.07, 6.45) is -3.89. The van der Waals surface area contributed by atoms with Crippen molar-refractivity contribution in [3.05, 3.63) is 11.9 Å². The maximum Gasteiger partial charge on any atom is 0.451 e. The quantitative estimate of drug-likeness (QED) is 0.828. The minimum atomic E-state index is -4.61. The van der Waals surface area contributed by atoms with Crippen LogP contribution >= 0.6 is 0 Å². The van der Waals surface area contributed by atoms with E-state index >= 15 is 0 Å². The minimum Gasteiger partial charge on any atom is -0.396 e. The molecule has 1 aliphatic rings. The molecule has 1 aromatic rings. The molecule has 0 bridgehead atoms. The third kappa shape index (κ3) is 2.63. The molecule has 0 amide bonds. The number of rotatable bonds is 2. The van der Waals surface area contributed by atoms with Crippen molar-refractivity contribution in [2.45, 2.75) is 12.6 Å². The molecule has 0 radical (unpaired) electrons. The number of halogens is 3. The van der Waals surface area contributed by atoms with E-state index in [9.17, 15) is 13.2 Å². The zero-order valence-corrected chi connectivity index (χ0v) is 9.48. The number of aromatic nitrogens is 2. The van der Waals surface area contributed by atoms with Gasteiger partial charge in [0.2, 0.25) is 5.82 Å². The summed E-state index contributed by atoms with van der Waals surface area (Å²) in [6, 6.07) is 1.31. The number of nitrogen functional groups attached to an aromatic ring is 1. The number of hydrogen-bond acceptors (Lipinski definition) is 5. The van der Waals surface area contributed by atoms with Gasteiger partial charge in [-0.25, -0.2) is 9.97 Å². The van der Waals surface area contributed by atoms with Crippen molar-refractivity contribution < 1.29 is 18.3 Å². The van der Waals surface area contributed by atoms with E-state index in [1.54, 1.807) is 4.90 Å². The highest BCUT2D eigenvalue weighted by atomic mass is 19.4. The number of alkyl halides is 3. The molecule has 0 aromatic carbocycles. The molecule has 1 aromatic heterocycles. The van der Waals surface area contributed by atoms with E-state index in [4.69, 9.17) is 10.8 Å². The van der Waals surface area contributed by atoms with Gasteiger partial charge in [-0.15, -0.1) is 0 Å². The van der Waals surface area contributed by atoms with Gasteiger partial charge < -0.3 is 15.7 Å². The molecule has 0 spiro atoms. The van der Waals surface area contributed by atoms with Crippen LogP contribution in [0.5, 0.6) is 0 Å². The Morgan fingerprint density at radius 2 is 2.17 bits per heavy atom. The molecule has 1 unspecified atom stereocenters. The number of hydrogen-bond donors (Lipinski definition) is 2. The molecule has 3 N–H and O–H groups in total. The molecule has 0 saturated carbocycles. The predicted molar refractivity (Wildman–Crippen MR) is 58.9 cm³/mol. The van der Waals surface area contributed by atoms with Crippen molar-refractivity contribution >= 4 is 11.6 Å². The molecule has 1 atom stereocenters. The Kier molecular flexibility index (Phi) is 3.29. The summed E-state index contributed by atoms with van der Waals surface area (Å²) in [7, 11) is 0. The van der Waals surface area contributed by atoms with Crippen molar-refractivity contribution in [1.29, 1.82) is 0 Å². The fourth-order valence-electron chi connectivity index (χ4n) is 1.93. The molecule has 1 saturated heterocycles. The van der Waals surface area contributed by atoms with Gasteiger partial charge in [0.1, 0.15) is 11.6 Å². The van der Waals surface area contributed by atoms with Crippen LogP contribution < -0.4 is 10.6 Å². The standard InChI is InChI=1S/C10H13F3N4O/c11-10(12,13)9-15-7(14)3-8(16-9)17-2-1-6(4-17)5-18/h3,6,18H,1-2,4-5H2,(H2,14,15,16). The Labute approximate surface area is 101 Å². The number of aliphatic hydroxyl groups is 1. The lowest BCUT2D eigenvalue weighted by atomic mass is 10.1. The maximum atomic E-state index is 12.5. The van der Waals surface area contributed by atoms with Crippen molar-refractivity contribution in [2.24, 2.45) is 5.92 Å². The second kappa shape index (κ2) is 4.60. The Hall–Kier alpha value is -1.57. The van der Waals surface area contributed by atoms with E-state index in [0.29, 0.717) is 13.1 Å². The molecule has 18 heavy (non-hydrogen) atoms. The lowest BCUT2D eigenvalue weighted by molar-refractivity contribution is -0.144.